The van der Waals surface area contributed by atoms with Gasteiger partial charge < -0.3 is 10.0 Å². The highest BCUT2D eigenvalue weighted by Crippen LogP contribution is 2.20. The minimum absolute atomic E-state index is 0.0933. The highest BCUT2D eigenvalue weighted by molar-refractivity contribution is 7.90. The molecule has 0 aliphatic rings. The third-order valence-corrected chi connectivity index (χ3v) is 4.74. The fourth-order valence-corrected chi connectivity index (χ4v) is 3.48. The largest absolute Gasteiger partial charge is 0.481 e. The summed E-state index contributed by atoms with van der Waals surface area (Å²) in [5.74, 6) is -1.15. The first-order valence-corrected chi connectivity index (χ1v) is 9.79. The van der Waals surface area contributed by atoms with Crippen molar-refractivity contribution in [2.75, 3.05) is 19.3 Å². The van der Waals surface area contributed by atoms with Crippen molar-refractivity contribution in [3.63, 3.8) is 0 Å². The predicted octanol–water partition coefficient (Wildman–Crippen LogP) is 2.23. The Morgan fingerprint density at radius 3 is 2.33 bits per heavy atom. The van der Waals surface area contributed by atoms with E-state index in [9.17, 15) is 18.0 Å². The van der Waals surface area contributed by atoms with Gasteiger partial charge in [-0.2, -0.15) is 0 Å². The summed E-state index contributed by atoms with van der Waals surface area (Å²) >= 11 is 0. The van der Waals surface area contributed by atoms with Gasteiger partial charge in [0, 0.05) is 24.9 Å². The van der Waals surface area contributed by atoms with E-state index in [0.29, 0.717) is 18.5 Å². The monoisotopic (exact) mass is 355 g/mol. The molecule has 0 aliphatic carbocycles. The number of carbonyl (C=O) groups excluding carboxylic acids is 1. The number of carbonyl (C=O) groups is 2. The second-order valence-corrected chi connectivity index (χ2v) is 8.22. The van der Waals surface area contributed by atoms with Crippen molar-refractivity contribution < 1.29 is 23.1 Å². The molecular formula is C17H25NO5S. The SMILES string of the molecule is CCc1ccc(C(=O)N(CCC(=O)O)CC(C)C)cc1S(C)(=O)=O. The van der Waals surface area contributed by atoms with Crippen molar-refractivity contribution in [2.24, 2.45) is 5.92 Å². The van der Waals surface area contributed by atoms with Crippen LogP contribution in [0.2, 0.25) is 0 Å². The molecule has 1 aromatic carbocycles. The number of nitrogens with zero attached hydrogens (tertiary/aromatic N) is 1. The smallest absolute Gasteiger partial charge is 0.305 e. The molecular weight excluding hydrogens is 330 g/mol. The molecule has 0 aromatic heterocycles. The Morgan fingerprint density at radius 2 is 1.88 bits per heavy atom. The zero-order chi connectivity index (χ0) is 18.5. The van der Waals surface area contributed by atoms with Gasteiger partial charge in [0.15, 0.2) is 9.84 Å². The maximum absolute atomic E-state index is 12.7. The first-order valence-electron chi connectivity index (χ1n) is 7.90. The maximum atomic E-state index is 12.7. The van der Waals surface area contributed by atoms with Crippen molar-refractivity contribution in [2.45, 2.75) is 38.5 Å². The van der Waals surface area contributed by atoms with Crippen molar-refractivity contribution in [3.8, 4) is 0 Å². The van der Waals surface area contributed by atoms with E-state index in [2.05, 4.69) is 0 Å². The van der Waals surface area contributed by atoms with Gasteiger partial charge in [-0.1, -0.05) is 26.8 Å². The van der Waals surface area contributed by atoms with Crippen molar-refractivity contribution in [1.29, 1.82) is 0 Å². The molecule has 0 saturated carbocycles. The Kier molecular flexibility index (Phi) is 6.95. The van der Waals surface area contributed by atoms with Gasteiger partial charge >= 0.3 is 5.97 Å². The third kappa shape index (κ3) is 5.63. The second-order valence-electron chi connectivity index (χ2n) is 6.24. The van der Waals surface area contributed by atoms with Gasteiger partial charge in [-0.15, -0.1) is 0 Å². The van der Waals surface area contributed by atoms with Gasteiger partial charge in [-0.3, -0.25) is 9.59 Å². The summed E-state index contributed by atoms with van der Waals surface area (Å²) in [6.07, 6.45) is 1.52. The number of rotatable bonds is 8. The van der Waals surface area contributed by atoms with Crippen LogP contribution in [0.25, 0.3) is 0 Å². The molecule has 7 heteroatoms. The average Bonchev–Trinajstić information content (AvgIpc) is 2.48. The van der Waals surface area contributed by atoms with E-state index in [1.54, 1.807) is 12.1 Å². The molecule has 0 saturated heterocycles. The molecule has 1 amide bonds. The van der Waals surface area contributed by atoms with Gasteiger partial charge in [0.2, 0.25) is 0 Å². The first-order chi connectivity index (χ1) is 11.1. The summed E-state index contributed by atoms with van der Waals surface area (Å²) in [5.41, 5.74) is 0.925. The number of carboxylic acids is 1. The quantitative estimate of drug-likeness (QED) is 0.772. The summed E-state index contributed by atoms with van der Waals surface area (Å²) in [6, 6.07) is 4.64. The van der Waals surface area contributed by atoms with Crippen LogP contribution < -0.4 is 0 Å². The fourth-order valence-electron chi connectivity index (χ4n) is 2.45. The Labute approximate surface area is 143 Å². The lowest BCUT2D eigenvalue weighted by molar-refractivity contribution is -0.137. The minimum Gasteiger partial charge on any atom is -0.481 e. The van der Waals surface area contributed by atoms with Crippen LogP contribution in [0.15, 0.2) is 23.1 Å². The Bertz CT molecular complexity index is 710. The van der Waals surface area contributed by atoms with Crippen LogP contribution in [0, 0.1) is 5.92 Å². The van der Waals surface area contributed by atoms with Crippen LogP contribution in [0.3, 0.4) is 0 Å². The molecule has 134 valence electrons. The third-order valence-electron chi connectivity index (χ3n) is 3.56. The highest BCUT2D eigenvalue weighted by atomic mass is 32.2. The lowest BCUT2D eigenvalue weighted by Crippen LogP contribution is -2.36. The normalized spacial score (nSPS) is 11.5. The second kappa shape index (κ2) is 8.28. The van der Waals surface area contributed by atoms with Crippen LogP contribution in [0.1, 0.15) is 43.1 Å². The molecule has 1 N–H and O–H groups in total. The topological polar surface area (TPSA) is 91.8 Å². The highest BCUT2D eigenvalue weighted by Gasteiger charge is 2.21. The number of hydrogen-bond donors (Lipinski definition) is 1. The van der Waals surface area contributed by atoms with E-state index in [-0.39, 0.29) is 35.2 Å². The van der Waals surface area contributed by atoms with E-state index >= 15 is 0 Å². The summed E-state index contributed by atoms with van der Waals surface area (Å²) in [6.45, 7) is 6.22. The van der Waals surface area contributed by atoms with Crippen molar-refractivity contribution >= 4 is 21.7 Å². The number of hydrogen-bond acceptors (Lipinski definition) is 4. The maximum Gasteiger partial charge on any atom is 0.305 e. The van der Waals surface area contributed by atoms with Crippen LogP contribution in [0.4, 0.5) is 0 Å². The molecule has 1 rings (SSSR count). The lowest BCUT2D eigenvalue weighted by Gasteiger charge is -2.24. The molecule has 0 spiro atoms. The molecule has 0 fully saturated rings. The van der Waals surface area contributed by atoms with E-state index in [4.69, 9.17) is 5.11 Å². The molecule has 0 aliphatic heterocycles. The standard InChI is InChI=1S/C17H25NO5S/c1-5-13-6-7-14(10-15(13)24(4,22)23)17(21)18(11-12(2)3)9-8-16(19)20/h6-7,10,12H,5,8-9,11H2,1-4H3,(H,19,20). The molecule has 6 nitrogen and oxygen atoms in total. The molecule has 1 aromatic rings. The van der Waals surface area contributed by atoms with Crippen molar-refractivity contribution in [1.82, 2.24) is 4.90 Å². The zero-order valence-corrected chi connectivity index (χ0v) is 15.4. The predicted molar refractivity (Wildman–Crippen MR) is 91.9 cm³/mol. The number of carboxylic acid groups (broad SMARTS) is 1. The summed E-state index contributed by atoms with van der Waals surface area (Å²) in [4.78, 5) is 25.1. The van der Waals surface area contributed by atoms with Crippen LogP contribution in [0.5, 0.6) is 0 Å². The number of aryl methyl sites for hydroxylation is 1. The van der Waals surface area contributed by atoms with Crippen molar-refractivity contribution in [3.05, 3.63) is 29.3 Å². The summed E-state index contributed by atoms with van der Waals surface area (Å²) < 4.78 is 23.9. The molecule has 24 heavy (non-hydrogen) atoms. The number of aliphatic carboxylic acids is 1. The van der Waals surface area contributed by atoms with Gasteiger partial charge in [-0.05, 0) is 30.0 Å². The molecule has 0 unspecified atom stereocenters. The molecule has 0 radical (unpaired) electrons. The Hall–Kier alpha value is -1.89. The number of benzene rings is 1. The lowest BCUT2D eigenvalue weighted by atomic mass is 10.1. The molecule has 0 atom stereocenters. The van der Waals surface area contributed by atoms with Crippen LogP contribution >= 0.6 is 0 Å². The van der Waals surface area contributed by atoms with Crippen LogP contribution in [-0.4, -0.2) is 49.6 Å². The fraction of sp³-hybridized carbons (Fsp3) is 0.529. The zero-order valence-electron chi connectivity index (χ0n) is 14.6. The van der Waals surface area contributed by atoms with E-state index in [1.165, 1.54) is 11.0 Å². The van der Waals surface area contributed by atoms with E-state index < -0.39 is 15.8 Å². The summed E-state index contributed by atoms with van der Waals surface area (Å²) in [5, 5.41) is 8.85. The summed E-state index contributed by atoms with van der Waals surface area (Å²) in [7, 11) is -3.44. The Balaban J connectivity index is 3.20. The van der Waals surface area contributed by atoms with Crippen LogP contribution in [-0.2, 0) is 21.1 Å². The Morgan fingerprint density at radius 1 is 1.25 bits per heavy atom. The van der Waals surface area contributed by atoms with E-state index in [0.717, 1.165) is 6.26 Å². The van der Waals surface area contributed by atoms with Gasteiger partial charge in [0.05, 0.1) is 11.3 Å². The van der Waals surface area contributed by atoms with E-state index in [1.807, 2.05) is 20.8 Å². The minimum atomic E-state index is -3.44. The number of sulfone groups is 1. The molecule has 0 bridgehead atoms. The molecule has 0 heterocycles. The van der Waals surface area contributed by atoms with Gasteiger partial charge in [0.1, 0.15) is 0 Å². The van der Waals surface area contributed by atoms with Gasteiger partial charge in [-0.25, -0.2) is 8.42 Å². The average molecular weight is 355 g/mol. The van der Waals surface area contributed by atoms with Gasteiger partial charge in [0.25, 0.3) is 5.91 Å². The first kappa shape index (κ1) is 20.2. The number of amides is 1.